The van der Waals surface area contributed by atoms with Gasteiger partial charge < -0.3 is 5.73 Å². The SMILES string of the molecule is NC1CC(S(=O)(=O)c2ccc(Br)s2)C1. The van der Waals surface area contributed by atoms with Crippen LogP contribution >= 0.6 is 27.3 Å². The minimum Gasteiger partial charge on any atom is -0.328 e. The van der Waals surface area contributed by atoms with Crippen LogP contribution in [0.2, 0.25) is 0 Å². The molecule has 0 amide bonds. The van der Waals surface area contributed by atoms with Crippen molar-refractivity contribution in [3.05, 3.63) is 15.9 Å². The van der Waals surface area contributed by atoms with Crippen molar-refractivity contribution < 1.29 is 8.42 Å². The molecule has 1 aromatic heterocycles. The van der Waals surface area contributed by atoms with Crippen molar-refractivity contribution in [2.75, 3.05) is 0 Å². The molecule has 1 aromatic rings. The van der Waals surface area contributed by atoms with Gasteiger partial charge in [0.25, 0.3) is 0 Å². The largest absolute Gasteiger partial charge is 0.328 e. The van der Waals surface area contributed by atoms with E-state index in [1.54, 1.807) is 12.1 Å². The molecular weight excluding hydrogens is 286 g/mol. The standard InChI is InChI=1S/C8H10BrNO2S2/c9-7-1-2-8(13-7)14(11,12)6-3-5(10)4-6/h1-2,5-6H,3-4,10H2. The first-order chi connectivity index (χ1) is 6.50. The molecule has 0 radical (unpaired) electrons. The average Bonchev–Trinajstić information content (AvgIpc) is 2.46. The fourth-order valence-electron chi connectivity index (χ4n) is 1.47. The van der Waals surface area contributed by atoms with E-state index >= 15 is 0 Å². The van der Waals surface area contributed by atoms with Crippen molar-refractivity contribution in [2.45, 2.75) is 28.3 Å². The third-order valence-corrected chi connectivity index (χ3v) is 6.72. The minimum absolute atomic E-state index is 0.0678. The first-order valence-electron chi connectivity index (χ1n) is 4.25. The highest BCUT2D eigenvalue weighted by atomic mass is 79.9. The number of rotatable bonds is 2. The van der Waals surface area contributed by atoms with E-state index in [-0.39, 0.29) is 11.3 Å². The van der Waals surface area contributed by atoms with Gasteiger partial charge in [0.15, 0.2) is 9.84 Å². The van der Waals surface area contributed by atoms with Gasteiger partial charge >= 0.3 is 0 Å². The van der Waals surface area contributed by atoms with Crippen LogP contribution in [0.1, 0.15) is 12.8 Å². The highest BCUT2D eigenvalue weighted by Gasteiger charge is 2.38. The summed E-state index contributed by atoms with van der Waals surface area (Å²) >= 11 is 4.52. The Morgan fingerprint density at radius 3 is 2.50 bits per heavy atom. The summed E-state index contributed by atoms with van der Waals surface area (Å²) in [6.45, 7) is 0. The van der Waals surface area contributed by atoms with Gasteiger partial charge in [-0.25, -0.2) is 8.42 Å². The number of hydrogen-bond donors (Lipinski definition) is 1. The summed E-state index contributed by atoms with van der Waals surface area (Å²) in [5.74, 6) is 0. The van der Waals surface area contributed by atoms with E-state index in [0.29, 0.717) is 17.1 Å². The Morgan fingerprint density at radius 1 is 1.43 bits per heavy atom. The first kappa shape index (κ1) is 10.6. The molecule has 0 aromatic carbocycles. The molecular formula is C8H10BrNO2S2. The summed E-state index contributed by atoms with van der Waals surface area (Å²) in [4.78, 5) is 0. The monoisotopic (exact) mass is 295 g/mol. The van der Waals surface area contributed by atoms with Crippen LogP contribution in [0.25, 0.3) is 0 Å². The Morgan fingerprint density at radius 2 is 2.07 bits per heavy atom. The molecule has 6 heteroatoms. The molecule has 0 spiro atoms. The van der Waals surface area contributed by atoms with Gasteiger partial charge in [-0.15, -0.1) is 11.3 Å². The molecule has 0 unspecified atom stereocenters. The van der Waals surface area contributed by atoms with Crippen molar-refractivity contribution in [3.8, 4) is 0 Å². The van der Waals surface area contributed by atoms with Crippen LogP contribution in [0.4, 0.5) is 0 Å². The van der Waals surface area contributed by atoms with Crippen LogP contribution < -0.4 is 5.73 Å². The Labute approximate surface area is 95.4 Å². The summed E-state index contributed by atoms with van der Waals surface area (Å²) in [7, 11) is -3.11. The third-order valence-electron chi connectivity index (χ3n) is 2.40. The molecule has 2 N–H and O–H groups in total. The van der Waals surface area contributed by atoms with Crippen molar-refractivity contribution >= 4 is 37.1 Å². The van der Waals surface area contributed by atoms with Crippen molar-refractivity contribution in [3.63, 3.8) is 0 Å². The minimum atomic E-state index is -3.11. The molecule has 0 atom stereocenters. The summed E-state index contributed by atoms with van der Waals surface area (Å²) in [6.07, 6.45) is 1.19. The summed E-state index contributed by atoms with van der Waals surface area (Å²) in [6, 6.07) is 3.47. The van der Waals surface area contributed by atoms with E-state index in [2.05, 4.69) is 15.9 Å². The van der Waals surface area contributed by atoms with E-state index in [4.69, 9.17) is 5.73 Å². The lowest BCUT2D eigenvalue weighted by Crippen LogP contribution is -2.44. The van der Waals surface area contributed by atoms with E-state index in [9.17, 15) is 8.42 Å². The van der Waals surface area contributed by atoms with Crippen molar-refractivity contribution in [2.24, 2.45) is 5.73 Å². The lowest BCUT2D eigenvalue weighted by Gasteiger charge is -2.31. The maximum absolute atomic E-state index is 11.9. The van der Waals surface area contributed by atoms with Crippen molar-refractivity contribution in [1.82, 2.24) is 0 Å². The highest BCUT2D eigenvalue weighted by Crippen LogP contribution is 2.35. The predicted molar refractivity (Wildman–Crippen MR) is 60.2 cm³/mol. The van der Waals surface area contributed by atoms with Gasteiger partial charge in [-0.2, -0.15) is 0 Å². The van der Waals surface area contributed by atoms with Gasteiger partial charge in [-0.3, -0.25) is 0 Å². The molecule has 1 aliphatic carbocycles. The molecule has 3 nitrogen and oxygen atoms in total. The van der Waals surface area contributed by atoms with Crippen LogP contribution in [0.15, 0.2) is 20.1 Å². The Bertz CT molecular complexity index is 434. The molecule has 1 fully saturated rings. The molecule has 14 heavy (non-hydrogen) atoms. The summed E-state index contributed by atoms with van der Waals surface area (Å²) < 4.78 is 25.1. The molecule has 0 aliphatic heterocycles. The fourth-order valence-corrected chi connectivity index (χ4v) is 5.65. The Hall–Kier alpha value is 0.0900. The number of nitrogens with two attached hydrogens (primary N) is 1. The Kier molecular flexibility index (Phi) is 2.72. The number of halogens is 1. The molecule has 0 bridgehead atoms. The predicted octanol–water partition coefficient (Wildman–Crippen LogP) is 1.77. The van der Waals surface area contributed by atoms with Gasteiger partial charge in [0.1, 0.15) is 4.21 Å². The van der Waals surface area contributed by atoms with E-state index < -0.39 is 9.84 Å². The lowest BCUT2D eigenvalue weighted by molar-refractivity contribution is 0.409. The van der Waals surface area contributed by atoms with Crippen LogP contribution in [-0.4, -0.2) is 19.7 Å². The van der Waals surface area contributed by atoms with Crippen LogP contribution in [0.5, 0.6) is 0 Å². The van der Waals surface area contributed by atoms with Crippen molar-refractivity contribution in [1.29, 1.82) is 0 Å². The van der Waals surface area contributed by atoms with E-state index in [1.807, 2.05) is 0 Å². The first-order valence-corrected chi connectivity index (χ1v) is 7.40. The second-order valence-electron chi connectivity index (χ2n) is 3.46. The maximum atomic E-state index is 11.9. The van der Waals surface area contributed by atoms with Crippen LogP contribution in [0.3, 0.4) is 0 Å². The zero-order chi connectivity index (χ0) is 10.3. The lowest BCUT2D eigenvalue weighted by atomic mass is 9.94. The highest BCUT2D eigenvalue weighted by molar-refractivity contribution is 9.11. The zero-order valence-electron chi connectivity index (χ0n) is 7.31. The normalized spacial score (nSPS) is 27.3. The van der Waals surface area contributed by atoms with Gasteiger partial charge in [0.2, 0.25) is 0 Å². The Balaban J connectivity index is 2.25. The second-order valence-corrected chi connectivity index (χ2v) is 8.37. The molecule has 2 rings (SSSR count). The summed E-state index contributed by atoms with van der Waals surface area (Å²) in [5.41, 5.74) is 5.58. The smallest absolute Gasteiger partial charge is 0.190 e. The maximum Gasteiger partial charge on any atom is 0.190 e. The van der Waals surface area contributed by atoms with E-state index in [0.717, 1.165) is 3.79 Å². The molecule has 1 saturated carbocycles. The number of hydrogen-bond acceptors (Lipinski definition) is 4. The fraction of sp³-hybridized carbons (Fsp3) is 0.500. The molecule has 78 valence electrons. The van der Waals surface area contributed by atoms with Gasteiger partial charge in [-0.1, -0.05) is 0 Å². The third kappa shape index (κ3) is 1.76. The summed E-state index contributed by atoms with van der Waals surface area (Å²) in [5, 5.41) is -0.261. The quantitative estimate of drug-likeness (QED) is 0.905. The molecule has 1 heterocycles. The topological polar surface area (TPSA) is 60.2 Å². The van der Waals surface area contributed by atoms with Gasteiger partial charge in [0, 0.05) is 6.04 Å². The van der Waals surface area contributed by atoms with E-state index in [1.165, 1.54) is 11.3 Å². The number of sulfone groups is 1. The molecule has 0 saturated heterocycles. The van der Waals surface area contributed by atoms with Crippen LogP contribution in [-0.2, 0) is 9.84 Å². The zero-order valence-corrected chi connectivity index (χ0v) is 10.5. The van der Waals surface area contributed by atoms with Gasteiger partial charge in [0.05, 0.1) is 9.04 Å². The second kappa shape index (κ2) is 3.59. The average molecular weight is 296 g/mol. The molecule has 1 aliphatic rings. The van der Waals surface area contributed by atoms with Gasteiger partial charge in [-0.05, 0) is 40.9 Å². The number of thiophene rings is 1. The van der Waals surface area contributed by atoms with Crippen LogP contribution in [0, 0.1) is 0 Å².